The lowest BCUT2D eigenvalue weighted by molar-refractivity contribution is -0.158. The molecular weight excluding hydrogens is 432 g/mol. The molecule has 6 rings (SSSR count). The molecule has 7 nitrogen and oxygen atoms in total. The zero-order valence-corrected chi connectivity index (χ0v) is 19.3. The van der Waals surface area contributed by atoms with E-state index in [1.165, 1.54) is 11.1 Å². The quantitative estimate of drug-likeness (QED) is 0.614. The number of rotatable bonds is 8. The molecule has 0 radical (unpaired) electrons. The molecule has 1 atom stereocenters. The first-order chi connectivity index (χ1) is 16.4. The van der Waals surface area contributed by atoms with Crippen molar-refractivity contribution in [3.63, 3.8) is 0 Å². The van der Waals surface area contributed by atoms with Gasteiger partial charge in [0.25, 0.3) is 0 Å². The molecule has 1 unspecified atom stereocenters. The lowest BCUT2D eigenvalue weighted by atomic mass is 9.73. The molecule has 2 aliphatic carbocycles. The maximum Gasteiger partial charge on any atom is 0.407 e. The van der Waals surface area contributed by atoms with Gasteiger partial charge in [0.2, 0.25) is 5.91 Å². The maximum atomic E-state index is 12.8. The Bertz CT molecular complexity index is 1080. The summed E-state index contributed by atoms with van der Waals surface area (Å²) in [4.78, 5) is 38.6. The number of hydrogen-bond donors (Lipinski definition) is 2. The fourth-order valence-corrected chi connectivity index (χ4v) is 5.93. The molecule has 4 aliphatic rings. The number of benzene rings is 2. The van der Waals surface area contributed by atoms with Crippen molar-refractivity contribution in [1.82, 2.24) is 10.2 Å². The molecule has 2 aliphatic heterocycles. The molecule has 2 N–H and O–H groups in total. The summed E-state index contributed by atoms with van der Waals surface area (Å²) in [5.41, 5.74) is 3.67. The van der Waals surface area contributed by atoms with E-state index in [0.29, 0.717) is 38.1 Å². The second-order valence-electron chi connectivity index (χ2n) is 9.73. The molecule has 3 fully saturated rings. The van der Waals surface area contributed by atoms with Gasteiger partial charge in [-0.05, 0) is 53.9 Å². The largest absolute Gasteiger partial charge is 0.479 e. The highest BCUT2D eigenvalue weighted by Gasteiger charge is 2.62. The summed E-state index contributed by atoms with van der Waals surface area (Å²) in [6.07, 6.45) is 1.95. The summed E-state index contributed by atoms with van der Waals surface area (Å²) < 4.78 is 5.63. The summed E-state index contributed by atoms with van der Waals surface area (Å²) in [5.74, 6) is -0.747. The van der Waals surface area contributed by atoms with Gasteiger partial charge in [0.15, 0.2) is 0 Å². The second kappa shape index (κ2) is 8.78. The smallest absolute Gasteiger partial charge is 0.407 e. The number of fused-ring (bicyclic) bond motifs is 4. The lowest BCUT2D eigenvalue weighted by Crippen LogP contribution is -2.54. The standard InChI is InChI=1S/C27H30N2O5/c1-2-18(11-12-24(30)29-15-17-13-27(29,14-17)25(31)32)28-26(33)34-16-23-21-9-5-3-7-19(21)20-8-4-6-10-22(20)23/h3-10,17-18,23H,2,11-16H2,1H3,(H,28,33)(H,31,32). The fraction of sp³-hybridized carbons (Fsp3) is 0.444. The van der Waals surface area contributed by atoms with Gasteiger partial charge >= 0.3 is 12.1 Å². The van der Waals surface area contributed by atoms with Gasteiger partial charge in [-0.1, -0.05) is 55.5 Å². The summed E-state index contributed by atoms with van der Waals surface area (Å²) in [6, 6.07) is 16.2. The van der Waals surface area contributed by atoms with Crippen LogP contribution >= 0.6 is 0 Å². The van der Waals surface area contributed by atoms with E-state index in [1.807, 2.05) is 31.2 Å². The first-order valence-electron chi connectivity index (χ1n) is 12.1. The number of nitrogens with zero attached hydrogens (tertiary/aromatic N) is 1. The molecule has 34 heavy (non-hydrogen) atoms. The Labute approximate surface area is 199 Å². The third-order valence-corrected chi connectivity index (χ3v) is 7.77. The van der Waals surface area contributed by atoms with Crippen LogP contribution in [0.4, 0.5) is 4.79 Å². The third kappa shape index (κ3) is 3.73. The van der Waals surface area contributed by atoms with Gasteiger partial charge < -0.3 is 20.1 Å². The second-order valence-corrected chi connectivity index (χ2v) is 9.73. The van der Waals surface area contributed by atoms with Gasteiger partial charge in [-0.2, -0.15) is 0 Å². The predicted molar refractivity (Wildman–Crippen MR) is 126 cm³/mol. The van der Waals surface area contributed by atoms with E-state index >= 15 is 0 Å². The molecular formula is C27H30N2O5. The Hall–Kier alpha value is -3.35. The molecule has 0 aromatic heterocycles. The number of carbonyl (C=O) groups excluding carboxylic acids is 2. The van der Waals surface area contributed by atoms with Gasteiger partial charge in [0.1, 0.15) is 12.1 Å². The SMILES string of the molecule is CCC(CCC(=O)N1CC2CC1(C(=O)O)C2)NC(=O)OCC1c2ccccc2-c2ccccc21. The molecule has 2 heterocycles. The van der Waals surface area contributed by atoms with Crippen molar-refractivity contribution in [2.75, 3.05) is 13.2 Å². The van der Waals surface area contributed by atoms with E-state index in [4.69, 9.17) is 4.74 Å². The number of aliphatic carboxylic acids is 1. The van der Waals surface area contributed by atoms with E-state index in [-0.39, 0.29) is 30.9 Å². The Morgan fingerprint density at radius 2 is 1.71 bits per heavy atom. The third-order valence-electron chi connectivity index (χ3n) is 7.77. The Balaban J connectivity index is 1.15. The zero-order valence-electron chi connectivity index (χ0n) is 19.3. The van der Waals surface area contributed by atoms with Crippen LogP contribution in [0.15, 0.2) is 48.5 Å². The van der Waals surface area contributed by atoms with Gasteiger partial charge in [-0.3, -0.25) is 4.79 Å². The topological polar surface area (TPSA) is 95.9 Å². The predicted octanol–water partition coefficient (Wildman–Crippen LogP) is 4.16. The number of carbonyl (C=O) groups is 3. The molecule has 0 spiro atoms. The average molecular weight is 463 g/mol. The minimum atomic E-state index is -0.996. The van der Waals surface area contributed by atoms with Crippen LogP contribution in [0, 0.1) is 5.92 Å². The summed E-state index contributed by atoms with van der Waals surface area (Å²) in [6.45, 7) is 2.72. The van der Waals surface area contributed by atoms with Crippen LogP contribution in [0.25, 0.3) is 11.1 Å². The van der Waals surface area contributed by atoms with E-state index < -0.39 is 17.6 Å². The molecule has 2 amide bonds. The highest BCUT2D eigenvalue weighted by molar-refractivity contribution is 5.89. The van der Waals surface area contributed by atoms with Crippen LogP contribution in [-0.4, -0.2) is 52.7 Å². The first kappa shape index (κ1) is 22.4. The monoisotopic (exact) mass is 462 g/mol. The van der Waals surface area contributed by atoms with Crippen molar-refractivity contribution in [2.45, 2.75) is 56.5 Å². The number of carboxylic acid groups (broad SMARTS) is 1. The Morgan fingerprint density at radius 3 is 2.29 bits per heavy atom. The van der Waals surface area contributed by atoms with Crippen molar-refractivity contribution in [1.29, 1.82) is 0 Å². The number of amides is 2. The van der Waals surface area contributed by atoms with Crippen LogP contribution in [0.5, 0.6) is 0 Å². The van der Waals surface area contributed by atoms with Gasteiger partial charge in [0, 0.05) is 24.9 Å². The van der Waals surface area contributed by atoms with Gasteiger partial charge in [-0.25, -0.2) is 9.59 Å². The summed E-state index contributed by atoms with van der Waals surface area (Å²) in [7, 11) is 0. The van der Waals surface area contributed by atoms with Crippen LogP contribution in [0.3, 0.4) is 0 Å². The molecule has 7 heteroatoms. The van der Waals surface area contributed by atoms with Crippen molar-refractivity contribution < 1.29 is 24.2 Å². The highest BCUT2D eigenvalue weighted by atomic mass is 16.5. The summed E-state index contributed by atoms with van der Waals surface area (Å²) in [5, 5.41) is 12.5. The zero-order chi connectivity index (χ0) is 23.9. The molecule has 2 aromatic carbocycles. The van der Waals surface area contributed by atoms with Crippen molar-refractivity contribution in [2.24, 2.45) is 5.92 Å². The number of alkyl carbamates (subject to hydrolysis) is 1. The maximum absolute atomic E-state index is 12.8. The average Bonchev–Trinajstić information content (AvgIpc) is 3.49. The van der Waals surface area contributed by atoms with E-state index in [9.17, 15) is 19.5 Å². The highest BCUT2D eigenvalue weighted by Crippen LogP contribution is 2.51. The Morgan fingerprint density at radius 1 is 1.09 bits per heavy atom. The van der Waals surface area contributed by atoms with E-state index in [2.05, 4.69) is 29.6 Å². The number of hydrogen-bond acceptors (Lipinski definition) is 4. The molecule has 2 aromatic rings. The molecule has 2 saturated heterocycles. The van der Waals surface area contributed by atoms with E-state index in [0.717, 1.165) is 11.1 Å². The number of nitrogens with one attached hydrogen (secondary N) is 1. The van der Waals surface area contributed by atoms with Gasteiger partial charge in [0.05, 0.1) is 0 Å². The number of ether oxygens (including phenoxy) is 1. The van der Waals surface area contributed by atoms with Crippen molar-refractivity contribution in [3.05, 3.63) is 59.7 Å². The van der Waals surface area contributed by atoms with Crippen LogP contribution in [-0.2, 0) is 14.3 Å². The molecule has 2 bridgehead atoms. The van der Waals surface area contributed by atoms with Crippen LogP contribution in [0.1, 0.15) is 56.1 Å². The van der Waals surface area contributed by atoms with Crippen LogP contribution < -0.4 is 5.32 Å². The minimum absolute atomic E-state index is 0.00586. The Kier molecular flexibility index (Phi) is 5.80. The first-order valence-corrected chi connectivity index (χ1v) is 12.1. The van der Waals surface area contributed by atoms with Crippen LogP contribution in [0.2, 0.25) is 0 Å². The lowest BCUT2D eigenvalue weighted by Gasteiger charge is -2.37. The summed E-state index contributed by atoms with van der Waals surface area (Å²) >= 11 is 0. The fourth-order valence-electron chi connectivity index (χ4n) is 5.93. The van der Waals surface area contributed by atoms with Gasteiger partial charge in [-0.15, -0.1) is 0 Å². The van der Waals surface area contributed by atoms with Crippen molar-refractivity contribution >= 4 is 18.0 Å². The minimum Gasteiger partial charge on any atom is -0.479 e. The molecule has 178 valence electrons. The number of carboxylic acids is 1. The van der Waals surface area contributed by atoms with Crippen molar-refractivity contribution in [3.8, 4) is 11.1 Å². The molecule has 1 saturated carbocycles. The normalized spacial score (nSPS) is 23.0. The van der Waals surface area contributed by atoms with E-state index in [1.54, 1.807) is 4.90 Å².